The second-order valence-corrected chi connectivity index (χ2v) is 4.52. The van der Waals surface area contributed by atoms with Gasteiger partial charge in [-0.1, -0.05) is 5.16 Å². The summed E-state index contributed by atoms with van der Waals surface area (Å²) >= 11 is 0. The fourth-order valence-corrected chi connectivity index (χ4v) is 2.06. The number of amides is 1. The van der Waals surface area contributed by atoms with Gasteiger partial charge in [0.05, 0.1) is 25.8 Å². The zero-order valence-corrected chi connectivity index (χ0v) is 11.5. The highest BCUT2D eigenvalue weighted by Crippen LogP contribution is 2.25. The van der Waals surface area contributed by atoms with Crippen molar-refractivity contribution in [3.8, 4) is 11.5 Å². The zero-order chi connectivity index (χ0) is 15.4. The molecule has 8 nitrogen and oxygen atoms in total. The summed E-state index contributed by atoms with van der Waals surface area (Å²) in [5.74, 6) is -0.127. The normalized spacial score (nSPS) is 19.4. The predicted molar refractivity (Wildman–Crippen MR) is 73.7 cm³/mol. The van der Waals surface area contributed by atoms with Crippen LogP contribution in [0.25, 0.3) is 0 Å². The molecule has 8 heteroatoms. The highest BCUT2D eigenvalue weighted by Gasteiger charge is 2.29. The summed E-state index contributed by atoms with van der Waals surface area (Å²) in [7, 11) is 1.48. The number of amidine groups is 1. The maximum absolute atomic E-state index is 12.5. The van der Waals surface area contributed by atoms with E-state index in [0.717, 1.165) is 0 Å². The van der Waals surface area contributed by atoms with Crippen LogP contribution in [0.5, 0.6) is 11.5 Å². The topological polar surface area (TPSA) is 118 Å². The third-order valence-electron chi connectivity index (χ3n) is 3.23. The Labute approximate surface area is 121 Å². The van der Waals surface area contributed by atoms with Crippen molar-refractivity contribution in [2.75, 3.05) is 26.8 Å². The van der Waals surface area contributed by atoms with Gasteiger partial charge in [-0.25, -0.2) is 0 Å². The van der Waals surface area contributed by atoms with Gasteiger partial charge in [0.15, 0.2) is 5.84 Å². The van der Waals surface area contributed by atoms with Gasteiger partial charge in [0.25, 0.3) is 5.91 Å². The second-order valence-electron chi connectivity index (χ2n) is 4.52. The quantitative estimate of drug-likeness (QED) is 0.312. The molecule has 1 fully saturated rings. The van der Waals surface area contributed by atoms with Gasteiger partial charge in [0.2, 0.25) is 0 Å². The zero-order valence-electron chi connectivity index (χ0n) is 11.5. The van der Waals surface area contributed by atoms with Gasteiger partial charge in [0, 0.05) is 6.54 Å². The number of oxime groups is 1. The van der Waals surface area contributed by atoms with Gasteiger partial charge in [0.1, 0.15) is 17.6 Å². The van der Waals surface area contributed by atoms with E-state index in [2.05, 4.69) is 5.16 Å². The molecule has 1 aliphatic heterocycles. The second kappa shape index (κ2) is 6.31. The molecule has 0 aliphatic carbocycles. The van der Waals surface area contributed by atoms with Crippen molar-refractivity contribution in [1.29, 1.82) is 0 Å². The number of carbonyl (C=O) groups is 1. The molecule has 0 spiro atoms. The average molecular weight is 295 g/mol. The van der Waals surface area contributed by atoms with Crippen LogP contribution in [0.3, 0.4) is 0 Å². The van der Waals surface area contributed by atoms with Crippen molar-refractivity contribution < 1.29 is 24.6 Å². The number of nitrogens with two attached hydrogens (primary N) is 1. The molecule has 1 amide bonds. The Balaban J connectivity index is 2.19. The van der Waals surface area contributed by atoms with E-state index in [9.17, 15) is 9.90 Å². The molecular weight excluding hydrogens is 278 g/mol. The van der Waals surface area contributed by atoms with Gasteiger partial charge in [-0.2, -0.15) is 0 Å². The number of hydrogen-bond acceptors (Lipinski definition) is 6. The number of phenolic OH excluding ortho intramolecular Hbond substituents is 1. The van der Waals surface area contributed by atoms with Crippen LogP contribution in [-0.2, 0) is 4.74 Å². The maximum Gasteiger partial charge on any atom is 0.257 e. The number of nitrogens with zero attached hydrogens (tertiary/aromatic N) is 2. The maximum atomic E-state index is 12.5. The Kier molecular flexibility index (Phi) is 4.49. The molecule has 4 N–H and O–H groups in total. The lowest BCUT2D eigenvalue weighted by Gasteiger charge is -2.32. The molecule has 21 heavy (non-hydrogen) atoms. The largest absolute Gasteiger partial charge is 0.507 e. The molecule has 1 unspecified atom stereocenters. The van der Waals surface area contributed by atoms with Crippen LogP contribution in [0.2, 0.25) is 0 Å². The lowest BCUT2D eigenvalue weighted by molar-refractivity contribution is 0.00661. The van der Waals surface area contributed by atoms with Crippen molar-refractivity contribution in [3.05, 3.63) is 23.8 Å². The van der Waals surface area contributed by atoms with Crippen molar-refractivity contribution >= 4 is 11.7 Å². The van der Waals surface area contributed by atoms with Crippen molar-refractivity contribution in [2.24, 2.45) is 10.9 Å². The van der Waals surface area contributed by atoms with Gasteiger partial charge < -0.3 is 30.4 Å². The summed E-state index contributed by atoms with van der Waals surface area (Å²) in [4.78, 5) is 13.9. The van der Waals surface area contributed by atoms with Crippen LogP contribution < -0.4 is 10.5 Å². The third kappa shape index (κ3) is 3.16. The predicted octanol–water partition coefficient (Wildman–Crippen LogP) is -0.0118. The van der Waals surface area contributed by atoms with Crippen LogP contribution in [0.15, 0.2) is 23.4 Å². The standard InChI is InChI=1S/C13H17N3O5/c1-20-8-2-3-10(17)9(6-8)13(18)16-4-5-21-11(7-16)12(14)15-19/h2-3,6,11,17,19H,4-5,7H2,1H3,(H2,14,15). The van der Waals surface area contributed by atoms with Gasteiger partial charge in [-0.15, -0.1) is 0 Å². The number of aromatic hydroxyl groups is 1. The summed E-state index contributed by atoms with van der Waals surface area (Å²) in [5.41, 5.74) is 5.63. The molecule has 2 rings (SSSR count). The molecule has 0 radical (unpaired) electrons. The average Bonchev–Trinajstić information content (AvgIpc) is 2.54. The lowest BCUT2D eigenvalue weighted by atomic mass is 10.1. The molecule has 1 atom stereocenters. The minimum atomic E-state index is -0.666. The molecule has 1 saturated heterocycles. The minimum absolute atomic E-state index is 0.0950. The van der Waals surface area contributed by atoms with Gasteiger partial charge in [-0.3, -0.25) is 4.79 Å². The summed E-state index contributed by atoms with van der Waals surface area (Å²) in [6.45, 7) is 0.757. The monoisotopic (exact) mass is 295 g/mol. The van der Waals surface area contributed by atoms with E-state index in [1.807, 2.05) is 0 Å². The first kappa shape index (κ1) is 14.9. The number of phenols is 1. The van der Waals surface area contributed by atoms with Crippen molar-refractivity contribution in [2.45, 2.75) is 6.10 Å². The van der Waals surface area contributed by atoms with Crippen molar-refractivity contribution in [1.82, 2.24) is 4.90 Å². The van der Waals surface area contributed by atoms with Crippen LogP contribution in [0.4, 0.5) is 0 Å². The van der Waals surface area contributed by atoms with Crippen LogP contribution in [-0.4, -0.2) is 59.9 Å². The van der Waals surface area contributed by atoms with E-state index in [1.54, 1.807) is 6.07 Å². The molecule has 1 aromatic carbocycles. The van der Waals surface area contributed by atoms with Gasteiger partial charge in [-0.05, 0) is 18.2 Å². The fourth-order valence-electron chi connectivity index (χ4n) is 2.06. The first-order valence-corrected chi connectivity index (χ1v) is 6.32. The van der Waals surface area contributed by atoms with E-state index < -0.39 is 6.10 Å². The van der Waals surface area contributed by atoms with E-state index >= 15 is 0 Å². The lowest BCUT2D eigenvalue weighted by Crippen LogP contribution is -2.50. The number of ether oxygens (including phenoxy) is 2. The highest BCUT2D eigenvalue weighted by molar-refractivity contribution is 5.97. The number of rotatable bonds is 3. The SMILES string of the molecule is COc1ccc(O)c(C(=O)N2CCOC(C(N)=NO)C2)c1. The Morgan fingerprint density at radius 1 is 1.57 bits per heavy atom. The van der Waals surface area contributed by atoms with Crippen LogP contribution >= 0.6 is 0 Å². The summed E-state index contributed by atoms with van der Waals surface area (Å²) < 4.78 is 10.4. The number of methoxy groups -OCH3 is 1. The Morgan fingerprint density at radius 3 is 3.00 bits per heavy atom. The summed E-state index contributed by atoms with van der Waals surface area (Å²) in [6, 6.07) is 4.42. The fraction of sp³-hybridized carbons (Fsp3) is 0.385. The Hall–Kier alpha value is -2.48. The summed E-state index contributed by atoms with van der Waals surface area (Å²) in [5, 5.41) is 21.4. The molecular formula is C13H17N3O5. The molecule has 1 aromatic rings. The van der Waals surface area contributed by atoms with E-state index in [4.69, 9.17) is 20.4 Å². The first-order valence-electron chi connectivity index (χ1n) is 6.32. The highest BCUT2D eigenvalue weighted by atomic mass is 16.5. The summed E-state index contributed by atoms with van der Waals surface area (Å²) in [6.07, 6.45) is -0.666. The smallest absolute Gasteiger partial charge is 0.257 e. The van der Waals surface area contributed by atoms with Crippen LogP contribution in [0, 0.1) is 0 Å². The number of morpholine rings is 1. The van der Waals surface area contributed by atoms with Crippen LogP contribution in [0.1, 0.15) is 10.4 Å². The van der Waals surface area contributed by atoms with Crippen molar-refractivity contribution in [3.63, 3.8) is 0 Å². The Bertz CT molecular complexity index is 561. The number of carbonyl (C=O) groups excluding carboxylic acids is 1. The first-order chi connectivity index (χ1) is 10.1. The molecule has 0 aromatic heterocycles. The molecule has 1 aliphatic rings. The van der Waals surface area contributed by atoms with Gasteiger partial charge >= 0.3 is 0 Å². The third-order valence-corrected chi connectivity index (χ3v) is 3.23. The molecule has 1 heterocycles. The molecule has 0 saturated carbocycles. The number of benzene rings is 1. The Morgan fingerprint density at radius 2 is 2.33 bits per heavy atom. The van der Waals surface area contributed by atoms with E-state index in [-0.39, 0.29) is 36.2 Å². The minimum Gasteiger partial charge on any atom is -0.507 e. The van der Waals surface area contributed by atoms with E-state index in [1.165, 1.54) is 24.1 Å². The van der Waals surface area contributed by atoms with E-state index in [0.29, 0.717) is 12.3 Å². The number of hydrogen-bond donors (Lipinski definition) is 3. The molecule has 0 bridgehead atoms. The molecule has 114 valence electrons.